The van der Waals surface area contributed by atoms with Gasteiger partial charge in [-0.05, 0) is 74.4 Å². The van der Waals surface area contributed by atoms with Crippen LogP contribution in [0.2, 0.25) is 15.1 Å². The van der Waals surface area contributed by atoms with E-state index in [0.29, 0.717) is 20.8 Å². The molecule has 0 atom stereocenters. The van der Waals surface area contributed by atoms with E-state index >= 15 is 0 Å². The van der Waals surface area contributed by atoms with Gasteiger partial charge in [0.25, 0.3) is 5.91 Å². The highest BCUT2D eigenvalue weighted by Gasteiger charge is 2.15. The summed E-state index contributed by atoms with van der Waals surface area (Å²) in [6.07, 6.45) is 1.57. The number of aryl methyl sites for hydroxylation is 1. The Kier molecular flexibility index (Phi) is 6.58. The van der Waals surface area contributed by atoms with Gasteiger partial charge in [-0.25, -0.2) is 0 Å². The molecule has 7 heteroatoms. The molecule has 0 unspecified atom stereocenters. The van der Waals surface area contributed by atoms with Crippen molar-refractivity contribution < 1.29 is 4.79 Å². The van der Waals surface area contributed by atoms with Gasteiger partial charge in [-0.2, -0.15) is 5.26 Å². The van der Waals surface area contributed by atoms with Crippen LogP contribution in [0.5, 0.6) is 0 Å². The minimum absolute atomic E-state index is 0.0104. The van der Waals surface area contributed by atoms with Crippen molar-refractivity contribution in [3.63, 3.8) is 0 Å². The van der Waals surface area contributed by atoms with E-state index < -0.39 is 5.91 Å². The molecule has 2 aromatic carbocycles. The third-order valence-corrected chi connectivity index (χ3v) is 5.96. The standard InChI is InChI=1S/C23H18Cl3N3O/c1-13-9-16(15(3)29(13)18-7-8-20(25)21(26)11-18)10-17(12-27)23(30)28-22-6-4-5-19(24)14(22)2/h4-11H,1-3H3,(H,28,30)/b17-10+. The topological polar surface area (TPSA) is 57.8 Å². The molecule has 0 bridgehead atoms. The van der Waals surface area contributed by atoms with E-state index in [0.717, 1.165) is 28.2 Å². The summed E-state index contributed by atoms with van der Waals surface area (Å²) in [6, 6.07) is 14.5. The number of hydrogen-bond acceptors (Lipinski definition) is 2. The van der Waals surface area contributed by atoms with Gasteiger partial charge in [0, 0.05) is 27.8 Å². The Balaban J connectivity index is 1.96. The number of anilines is 1. The molecule has 1 heterocycles. The van der Waals surface area contributed by atoms with Crippen LogP contribution in [0.25, 0.3) is 11.8 Å². The molecule has 1 N–H and O–H groups in total. The molecule has 1 amide bonds. The number of nitrogens with one attached hydrogen (secondary N) is 1. The van der Waals surface area contributed by atoms with Crippen molar-refractivity contribution in [1.82, 2.24) is 4.57 Å². The molecular formula is C23H18Cl3N3O. The Hall–Kier alpha value is -2.71. The average Bonchev–Trinajstić information content (AvgIpc) is 2.98. The number of benzene rings is 2. The molecular weight excluding hydrogens is 441 g/mol. The Bertz CT molecular complexity index is 1220. The molecule has 3 aromatic rings. The van der Waals surface area contributed by atoms with Gasteiger partial charge < -0.3 is 9.88 Å². The SMILES string of the molecule is Cc1c(Cl)cccc1NC(=O)/C(C#N)=C/c1cc(C)n(-c2ccc(Cl)c(Cl)c2)c1C. The highest BCUT2D eigenvalue weighted by molar-refractivity contribution is 6.42. The first-order valence-electron chi connectivity index (χ1n) is 9.05. The number of carbonyl (C=O) groups excluding carboxylic acids is 1. The first-order valence-corrected chi connectivity index (χ1v) is 10.2. The van der Waals surface area contributed by atoms with Crippen molar-refractivity contribution in [2.75, 3.05) is 5.32 Å². The van der Waals surface area contributed by atoms with E-state index in [-0.39, 0.29) is 5.57 Å². The summed E-state index contributed by atoms with van der Waals surface area (Å²) >= 11 is 18.3. The van der Waals surface area contributed by atoms with Gasteiger partial charge in [-0.15, -0.1) is 0 Å². The normalized spacial score (nSPS) is 11.3. The van der Waals surface area contributed by atoms with E-state index in [1.165, 1.54) is 0 Å². The molecule has 4 nitrogen and oxygen atoms in total. The molecule has 0 radical (unpaired) electrons. The zero-order valence-corrected chi connectivity index (χ0v) is 18.8. The van der Waals surface area contributed by atoms with Crippen molar-refractivity contribution in [3.05, 3.63) is 85.6 Å². The number of rotatable bonds is 4. The Morgan fingerprint density at radius 3 is 2.43 bits per heavy atom. The van der Waals surface area contributed by atoms with Crippen LogP contribution in [0, 0.1) is 32.1 Å². The van der Waals surface area contributed by atoms with Gasteiger partial charge in [0.1, 0.15) is 11.6 Å². The van der Waals surface area contributed by atoms with Crippen LogP contribution in [0.1, 0.15) is 22.5 Å². The monoisotopic (exact) mass is 457 g/mol. The van der Waals surface area contributed by atoms with Crippen LogP contribution in [0.3, 0.4) is 0 Å². The lowest BCUT2D eigenvalue weighted by molar-refractivity contribution is -0.112. The number of nitrogens with zero attached hydrogens (tertiary/aromatic N) is 2. The van der Waals surface area contributed by atoms with Crippen LogP contribution >= 0.6 is 34.8 Å². The Morgan fingerprint density at radius 1 is 1.03 bits per heavy atom. The molecule has 30 heavy (non-hydrogen) atoms. The van der Waals surface area contributed by atoms with Gasteiger partial charge in [-0.3, -0.25) is 4.79 Å². The molecule has 0 aliphatic carbocycles. The highest BCUT2D eigenvalue weighted by atomic mass is 35.5. The predicted molar refractivity (Wildman–Crippen MR) is 124 cm³/mol. The second-order valence-electron chi connectivity index (χ2n) is 6.80. The van der Waals surface area contributed by atoms with Crippen molar-refractivity contribution in [2.24, 2.45) is 0 Å². The fraction of sp³-hybridized carbons (Fsp3) is 0.130. The summed E-state index contributed by atoms with van der Waals surface area (Å²) < 4.78 is 1.99. The maximum Gasteiger partial charge on any atom is 0.266 e. The van der Waals surface area contributed by atoms with Gasteiger partial charge in [0.2, 0.25) is 0 Å². The summed E-state index contributed by atoms with van der Waals surface area (Å²) in [5.74, 6) is -0.498. The van der Waals surface area contributed by atoms with Crippen LogP contribution < -0.4 is 5.32 Å². The van der Waals surface area contributed by atoms with Gasteiger partial charge in [-0.1, -0.05) is 40.9 Å². The quantitative estimate of drug-likeness (QED) is 0.341. The van der Waals surface area contributed by atoms with Gasteiger partial charge >= 0.3 is 0 Å². The number of aromatic nitrogens is 1. The maximum atomic E-state index is 12.7. The van der Waals surface area contributed by atoms with E-state index in [9.17, 15) is 10.1 Å². The minimum atomic E-state index is -0.498. The van der Waals surface area contributed by atoms with E-state index in [1.807, 2.05) is 36.6 Å². The number of hydrogen-bond donors (Lipinski definition) is 1. The van der Waals surface area contributed by atoms with Crippen LogP contribution in [0.15, 0.2) is 48.0 Å². The lowest BCUT2D eigenvalue weighted by Gasteiger charge is -2.11. The van der Waals surface area contributed by atoms with Crippen molar-refractivity contribution in [2.45, 2.75) is 20.8 Å². The summed E-state index contributed by atoms with van der Waals surface area (Å²) in [6.45, 7) is 5.65. The Labute approximate surface area is 190 Å². The number of carbonyl (C=O) groups is 1. The highest BCUT2D eigenvalue weighted by Crippen LogP contribution is 2.29. The fourth-order valence-corrected chi connectivity index (χ4v) is 3.66. The first-order chi connectivity index (χ1) is 14.2. The summed E-state index contributed by atoms with van der Waals surface area (Å²) in [7, 11) is 0. The molecule has 0 aliphatic heterocycles. The van der Waals surface area contributed by atoms with E-state index in [1.54, 1.807) is 43.3 Å². The largest absolute Gasteiger partial charge is 0.321 e. The molecule has 0 saturated carbocycles. The third kappa shape index (κ3) is 4.39. The average molecular weight is 459 g/mol. The van der Waals surface area contributed by atoms with Crippen LogP contribution in [0.4, 0.5) is 5.69 Å². The number of nitriles is 1. The maximum absolute atomic E-state index is 12.7. The number of halogens is 3. The van der Waals surface area contributed by atoms with Crippen molar-refractivity contribution >= 4 is 52.5 Å². The molecule has 0 saturated heterocycles. The molecule has 0 fully saturated rings. The van der Waals surface area contributed by atoms with Crippen molar-refractivity contribution in [1.29, 1.82) is 5.26 Å². The summed E-state index contributed by atoms with van der Waals surface area (Å²) in [4.78, 5) is 12.7. The lowest BCUT2D eigenvalue weighted by atomic mass is 10.1. The molecule has 0 aliphatic rings. The minimum Gasteiger partial charge on any atom is -0.321 e. The second kappa shape index (κ2) is 8.97. The summed E-state index contributed by atoms with van der Waals surface area (Å²) in [5, 5.41) is 13.8. The molecule has 0 spiro atoms. The van der Waals surface area contributed by atoms with Crippen LogP contribution in [-0.2, 0) is 4.79 Å². The first kappa shape index (κ1) is 22.0. The van der Waals surface area contributed by atoms with Crippen molar-refractivity contribution in [3.8, 4) is 11.8 Å². The predicted octanol–water partition coefficient (Wildman–Crippen LogP) is 6.91. The van der Waals surface area contributed by atoms with E-state index in [2.05, 4.69) is 5.32 Å². The smallest absolute Gasteiger partial charge is 0.266 e. The number of amides is 1. The molecule has 152 valence electrons. The third-order valence-electron chi connectivity index (χ3n) is 4.81. The van der Waals surface area contributed by atoms with Gasteiger partial charge in [0.15, 0.2) is 0 Å². The lowest BCUT2D eigenvalue weighted by Crippen LogP contribution is -2.14. The van der Waals surface area contributed by atoms with Crippen LogP contribution in [-0.4, -0.2) is 10.5 Å². The zero-order chi connectivity index (χ0) is 22.0. The fourth-order valence-electron chi connectivity index (χ4n) is 3.19. The second-order valence-corrected chi connectivity index (χ2v) is 8.02. The molecule has 3 rings (SSSR count). The zero-order valence-electron chi connectivity index (χ0n) is 16.6. The van der Waals surface area contributed by atoms with E-state index in [4.69, 9.17) is 34.8 Å². The Morgan fingerprint density at radius 2 is 1.77 bits per heavy atom. The van der Waals surface area contributed by atoms with Gasteiger partial charge in [0.05, 0.1) is 10.0 Å². The molecule has 1 aromatic heterocycles. The summed E-state index contributed by atoms with van der Waals surface area (Å²) in [5.41, 5.74) is 4.69.